The number of nitrogens with one attached hydrogen (secondary N) is 1. The van der Waals surface area contributed by atoms with E-state index in [1.165, 1.54) is 0 Å². The molecule has 3 aliphatic carbocycles. The van der Waals surface area contributed by atoms with Gasteiger partial charge in [0.1, 0.15) is 5.82 Å². The highest BCUT2D eigenvalue weighted by Crippen LogP contribution is 2.52. The summed E-state index contributed by atoms with van der Waals surface area (Å²) in [6.45, 7) is 2.48. The molecule has 2 heterocycles. The molecular weight excluding hydrogens is 469 g/mol. The van der Waals surface area contributed by atoms with Gasteiger partial charge in [-0.1, -0.05) is 17.7 Å². The lowest BCUT2D eigenvalue weighted by Crippen LogP contribution is -2.44. The van der Waals surface area contributed by atoms with Crippen LogP contribution in [0.15, 0.2) is 24.4 Å². The maximum absolute atomic E-state index is 13.4. The van der Waals surface area contributed by atoms with Crippen molar-refractivity contribution in [2.45, 2.75) is 44.4 Å². The number of halogens is 2. The van der Waals surface area contributed by atoms with E-state index in [-0.39, 0.29) is 42.9 Å². The molecule has 1 aliphatic heterocycles. The summed E-state index contributed by atoms with van der Waals surface area (Å²) >= 11 is 6.31. The van der Waals surface area contributed by atoms with Crippen LogP contribution in [0.1, 0.15) is 64.6 Å². The summed E-state index contributed by atoms with van der Waals surface area (Å²) in [4.78, 5) is 19.7. The fourth-order valence-corrected chi connectivity index (χ4v) is 6.61. The molecule has 1 N–H and O–H groups in total. The molecule has 0 unspecified atom stereocenters. The number of pyridine rings is 1. The molecule has 172 valence electrons. The molecule has 2 aromatic rings. The Labute approximate surface area is 200 Å². The van der Waals surface area contributed by atoms with Crippen molar-refractivity contribution in [1.82, 2.24) is 9.88 Å². The average molecular weight is 496 g/mol. The number of carbonyl (C=O) groups is 1. The van der Waals surface area contributed by atoms with Crippen LogP contribution in [0.4, 0.5) is 11.5 Å². The van der Waals surface area contributed by atoms with Crippen LogP contribution in [-0.4, -0.2) is 48.8 Å². The number of aromatic nitrogens is 1. The van der Waals surface area contributed by atoms with E-state index in [0.717, 1.165) is 53.9 Å². The van der Waals surface area contributed by atoms with Crippen LogP contribution in [0.25, 0.3) is 0 Å². The van der Waals surface area contributed by atoms with Crippen LogP contribution in [0.5, 0.6) is 0 Å². The summed E-state index contributed by atoms with van der Waals surface area (Å²) in [5.41, 5.74) is 4.83. The molecule has 0 spiro atoms. The van der Waals surface area contributed by atoms with Gasteiger partial charge in [-0.05, 0) is 67.7 Å². The Morgan fingerprint density at radius 1 is 1.09 bits per heavy atom. The van der Waals surface area contributed by atoms with E-state index in [1.54, 1.807) is 11.1 Å². The number of sulfone groups is 1. The highest BCUT2D eigenvalue weighted by atomic mass is 35.5. The summed E-state index contributed by atoms with van der Waals surface area (Å²) in [6, 6.07) is 5.87. The Kier molecular flexibility index (Phi) is 6.45. The van der Waals surface area contributed by atoms with E-state index in [1.807, 2.05) is 25.1 Å². The van der Waals surface area contributed by atoms with Gasteiger partial charge in [-0.3, -0.25) is 4.79 Å². The molecule has 0 atom stereocenters. The van der Waals surface area contributed by atoms with Gasteiger partial charge in [0, 0.05) is 35.6 Å². The van der Waals surface area contributed by atoms with E-state index in [2.05, 4.69) is 10.3 Å². The smallest absolute Gasteiger partial charge is 0.255 e. The first-order chi connectivity index (χ1) is 14.8. The summed E-state index contributed by atoms with van der Waals surface area (Å²) < 4.78 is 23.6. The molecule has 6 nitrogen and oxygen atoms in total. The van der Waals surface area contributed by atoms with Gasteiger partial charge in [-0.25, -0.2) is 13.4 Å². The van der Waals surface area contributed by atoms with E-state index >= 15 is 0 Å². The Bertz CT molecular complexity index is 1150. The number of nitrogens with zero attached hydrogens (tertiary/aromatic N) is 2. The maximum Gasteiger partial charge on any atom is 0.255 e. The number of rotatable bonds is 3. The quantitative estimate of drug-likeness (QED) is 0.658. The first kappa shape index (κ1) is 23.3. The first-order valence-corrected chi connectivity index (χ1v) is 13.1. The lowest BCUT2D eigenvalue weighted by Gasteiger charge is -2.40. The summed E-state index contributed by atoms with van der Waals surface area (Å²) in [5.74, 6) is 1.55. The SMILES string of the molecule is Cc1ccc(Nc2ncc(C(=O)N3CCS(=O)(=O)CC3)c3c2C2CCC3CC2)cc1Cl.Cl. The summed E-state index contributed by atoms with van der Waals surface area (Å²) in [6.07, 6.45) is 6.09. The predicted octanol–water partition coefficient (Wildman–Crippen LogP) is 4.83. The van der Waals surface area contributed by atoms with Crippen molar-refractivity contribution in [3.05, 3.63) is 51.7 Å². The molecule has 1 saturated carbocycles. The molecular formula is C23H27Cl2N3O3S. The normalized spacial score (nSPS) is 23.2. The minimum absolute atomic E-state index is 0. The first-order valence-electron chi connectivity index (χ1n) is 10.9. The van der Waals surface area contributed by atoms with Crippen LogP contribution in [-0.2, 0) is 9.84 Å². The molecule has 1 amide bonds. The van der Waals surface area contributed by atoms with Gasteiger partial charge in [-0.2, -0.15) is 0 Å². The molecule has 0 radical (unpaired) electrons. The Hall–Kier alpha value is -1.83. The van der Waals surface area contributed by atoms with Gasteiger partial charge in [0.25, 0.3) is 5.91 Å². The van der Waals surface area contributed by atoms with Gasteiger partial charge < -0.3 is 10.2 Å². The second-order valence-electron chi connectivity index (χ2n) is 8.93. The minimum Gasteiger partial charge on any atom is -0.340 e. The lowest BCUT2D eigenvalue weighted by molar-refractivity contribution is 0.0767. The Morgan fingerprint density at radius 3 is 2.34 bits per heavy atom. The van der Waals surface area contributed by atoms with Crippen molar-refractivity contribution in [3.63, 3.8) is 0 Å². The number of carbonyl (C=O) groups excluding carboxylic acids is 1. The van der Waals surface area contributed by atoms with Gasteiger partial charge >= 0.3 is 0 Å². The van der Waals surface area contributed by atoms with Crippen LogP contribution < -0.4 is 5.32 Å². The molecule has 6 rings (SSSR count). The van der Waals surface area contributed by atoms with E-state index in [0.29, 0.717) is 22.4 Å². The number of hydrogen-bond acceptors (Lipinski definition) is 5. The Balaban J connectivity index is 0.00000245. The largest absolute Gasteiger partial charge is 0.340 e. The second kappa shape index (κ2) is 8.84. The minimum atomic E-state index is -3.04. The standard InChI is InChI=1S/C23H26ClN3O3S.ClH/c1-14-2-7-17(12-19(14)24)26-22-21-16-5-3-15(4-6-16)20(21)18(13-25-22)23(28)27-8-10-31(29,30)11-9-27;/h2,7,12-13,15-16H,3-6,8-11H2,1H3,(H,25,26);1H. The zero-order valence-corrected chi connectivity index (χ0v) is 20.3. The van der Waals surface area contributed by atoms with Crippen molar-refractivity contribution in [2.75, 3.05) is 29.9 Å². The molecule has 1 aromatic heterocycles. The predicted molar refractivity (Wildman–Crippen MR) is 129 cm³/mol. The molecule has 2 bridgehead atoms. The fourth-order valence-electron chi connectivity index (χ4n) is 5.23. The molecule has 2 fully saturated rings. The number of aryl methyl sites for hydroxylation is 1. The van der Waals surface area contributed by atoms with E-state index in [9.17, 15) is 13.2 Å². The maximum atomic E-state index is 13.4. The third kappa shape index (κ3) is 4.22. The zero-order chi connectivity index (χ0) is 21.8. The van der Waals surface area contributed by atoms with Crippen LogP contribution >= 0.6 is 24.0 Å². The number of anilines is 2. The molecule has 9 heteroatoms. The third-order valence-corrected chi connectivity index (χ3v) is 9.01. The van der Waals surface area contributed by atoms with Gasteiger partial charge in [0.2, 0.25) is 0 Å². The van der Waals surface area contributed by atoms with E-state index < -0.39 is 9.84 Å². The number of benzene rings is 1. The van der Waals surface area contributed by atoms with Crippen molar-refractivity contribution in [2.24, 2.45) is 0 Å². The Morgan fingerprint density at radius 2 is 1.72 bits per heavy atom. The average Bonchev–Trinajstić information content (AvgIpc) is 2.77. The van der Waals surface area contributed by atoms with Crippen molar-refractivity contribution in [3.8, 4) is 0 Å². The second-order valence-corrected chi connectivity index (χ2v) is 11.6. The lowest BCUT2D eigenvalue weighted by atomic mass is 9.66. The van der Waals surface area contributed by atoms with Crippen molar-refractivity contribution >= 4 is 51.3 Å². The zero-order valence-electron chi connectivity index (χ0n) is 17.9. The highest BCUT2D eigenvalue weighted by Gasteiger charge is 2.39. The van der Waals surface area contributed by atoms with Crippen LogP contribution in [0.3, 0.4) is 0 Å². The van der Waals surface area contributed by atoms with E-state index in [4.69, 9.17) is 11.6 Å². The van der Waals surface area contributed by atoms with Gasteiger partial charge in [-0.15, -0.1) is 12.4 Å². The van der Waals surface area contributed by atoms with Crippen molar-refractivity contribution in [1.29, 1.82) is 0 Å². The van der Waals surface area contributed by atoms with Crippen LogP contribution in [0.2, 0.25) is 5.02 Å². The van der Waals surface area contributed by atoms with Gasteiger partial charge in [0.05, 0.1) is 17.1 Å². The number of fused-ring (bicyclic) bond motifs is 2. The number of hydrogen-bond donors (Lipinski definition) is 1. The third-order valence-electron chi connectivity index (χ3n) is 7.00. The molecule has 4 aliphatic rings. The molecule has 1 aromatic carbocycles. The fraction of sp³-hybridized carbons (Fsp3) is 0.478. The summed E-state index contributed by atoms with van der Waals surface area (Å²) in [7, 11) is -3.04. The topological polar surface area (TPSA) is 79.4 Å². The number of amides is 1. The van der Waals surface area contributed by atoms with Gasteiger partial charge in [0.15, 0.2) is 9.84 Å². The highest BCUT2D eigenvalue weighted by molar-refractivity contribution is 7.91. The monoisotopic (exact) mass is 495 g/mol. The molecule has 32 heavy (non-hydrogen) atoms. The van der Waals surface area contributed by atoms with Crippen LogP contribution in [0, 0.1) is 6.92 Å². The molecule has 1 saturated heterocycles. The van der Waals surface area contributed by atoms with Crippen molar-refractivity contribution < 1.29 is 13.2 Å². The summed E-state index contributed by atoms with van der Waals surface area (Å²) in [5, 5.41) is 4.14.